The Bertz CT molecular complexity index is 1270. The van der Waals surface area contributed by atoms with Gasteiger partial charge in [-0.1, -0.05) is 49.2 Å². The number of piperazine rings is 1. The van der Waals surface area contributed by atoms with Gasteiger partial charge in [0.15, 0.2) is 0 Å². The van der Waals surface area contributed by atoms with Crippen molar-refractivity contribution in [3.8, 4) is 0 Å². The van der Waals surface area contributed by atoms with E-state index in [0.717, 1.165) is 5.56 Å². The second kappa shape index (κ2) is 15.2. The predicted octanol–water partition coefficient (Wildman–Crippen LogP) is 2.78. The molecule has 1 aliphatic rings. The Kier molecular flexibility index (Phi) is 12.0. The van der Waals surface area contributed by atoms with E-state index in [1.54, 1.807) is 24.3 Å². The topological polar surface area (TPSA) is 125 Å². The summed E-state index contributed by atoms with van der Waals surface area (Å²) in [6.45, 7) is 4.11. The molecule has 4 amide bonds. The number of hydrogen-bond acceptors (Lipinski definition) is 5. The maximum absolute atomic E-state index is 14.0. The summed E-state index contributed by atoms with van der Waals surface area (Å²) in [7, 11) is 0. The first-order chi connectivity index (χ1) is 20.3. The van der Waals surface area contributed by atoms with Gasteiger partial charge in [-0.15, -0.1) is 0 Å². The fraction of sp³-hybridized carbons (Fsp3) is 0.484. The summed E-state index contributed by atoms with van der Waals surface area (Å²) in [5.74, 6) is -2.39. The maximum atomic E-state index is 14.0. The van der Waals surface area contributed by atoms with Crippen LogP contribution in [0.25, 0.3) is 0 Å². The van der Waals surface area contributed by atoms with Crippen LogP contribution in [0.4, 0.5) is 8.78 Å². The number of halogens is 3. The molecule has 0 radical (unpaired) electrons. The molecule has 234 valence electrons. The van der Waals surface area contributed by atoms with E-state index < -0.39 is 59.8 Å². The summed E-state index contributed by atoms with van der Waals surface area (Å²) in [5.41, 5.74) is 6.08. The zero-order valence-corrected chi connectivity index (χ0v) is 25.5. The van der Waals surface area contributed by atoms with E-state index in [2.05, 4.69) is 10.6 Å². The molecule has 3 rings (SSSR count). The van der Waals surface area contributed by atoms with E-state index >= 15 is 0 Å². The van der Waals surface area contributed by atoms with Gasteiger partial charge in [0.2, 0.25) is 23.6 Å². The molecule has 1 aliphatic heterocycles. The van der Waals surface area contributed by atoms with Crippen LogP contribution in [0.15, 0.2) is 48.5 Å². The van der Waals surface area contributed by atoms with E-state index in [1.807, 2.05) is 6.92 Å². The van der Waals surface area contributed by atoms with Crippen LogP contribution >= 0.6 is 11.6 Å². The third-order valence-electron chi connectivity index (χ3n) is 7.33. The lowest BCUT2D eigenvalue weighted by Gasteiger charge is -2.44. The van der Waals surface area contributed by atoms with Gasteiger partial charge in [-0.2, -0.15) is 0 Å². The highest BCUT2D eigenvalue weighted by Crippen LogP contribution is 2.23. The number of amides is 4. The Labute approximate surface area is 256 Å². The second-order valence-corrected chi connectivity index (χ2v) is 11.7. The van der Waals surface area contributed by atoms with Crippen molar-refractivity contribution in [2.45, 2.75) is 70.1 Å². The van der Waals surface area contributed by atoms with Crippen molar-refractivity contribution in [1.29, 1.82) is 0 Å². The van der Waals surface area contributed by atoms with Gasteiger partial charge in [0, 0.05) is 37.5 Å². The smallest absolute Gasteiger partial charge is 0.246 e. The van der Waals surface area contributed by atoms with Crippen molar-refractivity contribution in [2.75, 3.05) is 26.3 Å². The number of carbonyl (C=O) groups is 4. The van der Waals surface area contributed by atoms with Crippen molar-refractivity contribution < 1.29 is 28.0 Å². The highest BCUT2D eigenvalue weighted by molar-refractivity contribution is 6.30. The third kappa shape index (κ3) is 9.21. The number of nitrogens with one attached hydrogen (secondary N) is 2. The molecule has 1 fully saturated rings. The summed E-state index contributed by atoms with van der Waals surface area (Å²) in [6.07, 6.45) is 1.11. The molecule has 2 aromatic rings. The van der Waals surface area contributed by atoms with Crippen molar-refractivity contribution in [3.05, 3.63) is 70.5 Å². The van der Waals surface area contributed by atoms with Gasteiger partial charge in [0.25, 0.3) is 0 Å². The van der Waals surface area contributed by atoms with Gasteiger partial charge >= 0.3 is 0 Å². The number of alkyl halides is 1. The highest BCUT2D eigenvalue weighted by Gasteiger charge is 2.43. The molecular weight excluding hydrogens is 580 g/mol. The standard InChI is InChI=1S/C31H40ClF2N5O4/c1-4-5-25-29(42)39(26(27(40)36-15-14-33)19-21-6-10-22(32)11-7-21)17-16-38(25)28(41)24(37-30(43)31(2,3)35)18-20-8-12-23(34)13-9-20/h6-13,24-26H,4-5,14-19,35H2,1-3H3,(H,36,40)(H,37,43). The average molecular weight is 620 g/mol. The fourth-order valence-electron chi connectivity index (χ4n) is 5.01. The monoisotopic (exact) mass is 619 g/mol. The number of nitrogens with zero attached hydrogens (tertiary/aromatic N) is 2. The van der Waals surface area contributed by atoms with Gasteiger partial charge in [-0.3, -0.25) is 19.2 Å². The number of carbonyl (C=O) groups excluding carboxylic acids is 4. The number of nitrogens with two attached hydrogens (primary N) is 1. The van der Waals surface area contributed by atoms with Crippen LogP contribution in [0.3, 0.4) is 0 Å². The lowest BCUT2D eigenvalue weighted by Crippen LogP contribution is -2.66. The largest absolute Gasteiger partial charge is 0.352 e. The molecule has 2 aromatic carbocycles. The first kappa shape index (κ1) is 33.9. The molecule has 0 bridgehead atoms. The average Bonchev–Trinajstić information content (AvgIpc) is 2.96. The zero-order valence-electron chi connectivity index (χ0n) is 24.7. The molecule has 0 saturated carbocycles. The minimum atomic E-state index is -1.28. The Morgan fingerprint density at radius 2 is 1.65 bits per heavy atom. The summed E-state index contributed by atoms with van der Waals surface area (Å²) >= 11 is 6.02. The summed E-state index contributed by atoms with van der Waals surface area (Å²) in [5, 5.41) is 5.79. The number of rotatable bonds is 13. The Balaban J connectivity index is 1.90. The summed E-state index contributed by atoms with van der Waals surface area (Å²) in [4.78, 5) is 57.0. The molecule has 3 unspecified atom stereocenters. The maximum Gasteiger partial charge on any atom is 0.246 e. The second-order valence-electron chi connectivity index (χ2n) is 11.3. The normalized spacial score (nSPS) is 16.9. The predicted molar refractivity (Wildman–Crippen MR) is 160 cm³/mol. The minimum absolute atomic E-state index is 0.0473. The molecule has 1 heterocycles. The van der Waals surface area contributed by atoms with E-state index in [0.29, 0.717) is 23.4 Å². The Hall–Kier alpha value is -3.57. The quantitative estimate of drug-likeness (QED) is 0.318. The molecule has 0 aliphatic carbocycles. The van der Waals surface area contributed by atoms with Gasteiger partial charge < -0.3 is 26.2 Å². The molecular formula is C31H40ClF2N5O4. The molecule has 9 nitrogen and oxygen atoms in total. The highest BCUT2D eigenvalue weighted by atomic mass is 35.5. The van der Waals surface area contributed by atoms with Crippen LogP contribution < -0.4 is 16.4 Å². The first-order valence-electron chi connectivity index (χ1n) is 14.4. The fourth-order valence-corrected chi connectivity index (χ4v) is 5.14. The van der Waals surface area contributed by atoms with Crippen LogP contribution in [0.1, 0.15) is 44.7 Å². The third-order valence-corrected chi connectivity index (χ3v) is 7.58. The van der Waals surface area contributed by atoms with Crippen LogP contribution in [0.5, 0.6) is 0 Å². The molecule has 4 N–H and O–H groups in total. The van der Waals surface area contributed by atoms with Crippen LogP contribution in [-0.4, -0.2) is 83.4 Å². The Morgan fingerprint density at radius 3 is 2.23 bits per heavy atom. The van der Waals surface area contributed by atoms with Gasteiger partial charge in [0.1, 0.15) is 30.6 Å². The minimum Gasteiger partial charge on any atom is -0.352 e. The summed E-state index contributed by atoms with van der Waals surface area (Å²) < 4.78 is 26.5. The van der Waals surface area contributed by atoms with Crippen molar-refractivity contribution in [3.63, 3.8) is 0 Å². The SMILES string of the molecule is CCCC1C(=O)N(C(Cc2ccc(Cl)cc2)C(=O)NCCF)CCN1C(=O)C(Cc1ccc(F)cc1)NC(=O)C(C)(C)N. The van der Waals surface area contributed by atoms with Crippen molar-refractivity contribution in [1.82, 2.24) is 20.4 Å². The van der Waals surface area contributed by atoms with Gasteiger partial charge in [-0.25, -0.2) is 8.78 Å². The lowest BCUT2D eigenvalue weighted by atomic mass is 9.97. The van der Waals surface area contributed by atoms with Crippen LogP contribution in [-0.2, 0) is 32.0 Å². The van der Waals surface area contributed by atoms with E-state index in [-0.39, 0.29) is 32.5 Å². The number of benzene rings is 2. The molecule has 12 heteroatoms. The van der Waals surface area contributed by atoms with Gasteiger partial charge in [0.05, 0.1) is 5.54 Å². The number of hydrogen-bond donors (Lipinski definition) is 3. The lowest BCUT2D eigenvalue weighted by molar-refractivity contribution is -0.157. The molecule has 0 spiro atoms. The van der Waals surface area contributed by atoms with E-state index in [9.17, 15) is 28.0 Å². The van der Waals surface area contributed by atoms with E-state index in [1.165, 1.54) is 47.9 Å². The molecule has 0 aromatic heterocycles. The summed E-state index contributed by atoms with van der Waals surface area (Å²) in [6, 6.07) is 9.56. The van der Waals surface area contributed by atoms with Crippen molar-refractivity contribution >= 4 is 35.2 Å². The van der Waals surface area contributed by atoms with Crippen molar-refractivity contribution in [2.24, 2.45) is 5.73 Å². The van der Waals surface area contributed by atoms with E-state index in [4.69, 9.17) is 17.3 Å². The van der Waals surface area contributed by atoms with Crippen LogP contribution in [0, 0.1) is 5.82 Å². The molecule has 3 atom stereocenters. The van der Waals surface area contributed by atoms with Crippen LogP contribution in [0.2, 0.25) is 5.02 Å². The van der Waals surface area contributed by atoms with Gasteiger partial charge in [-0.05, 0) is 55.7 Å². The zero-order chi connectivity index (χ0) is 31.7. The Morgan fingerprint density at radius 1 is 1.05 bits per heavy atom. The molecule has 1 saturated heterocycles. The first-order valence-corrected chi connectivity index (χ1v) is 14.8. The molecule has 43 heavy (non-hydrogen) atoms.